The van der Waals surface area contributed by atoms with E-state index in [0.29, 0.717) is 40.7 Å². The number of esters is 1. The minimum absolute atomic E-state index is 0.332. The first-order chi connectivity index (χ1) is 22.7. The Labute approximate surface area is 277 Å². The molecule has 0 amide bonds. The van der Waals surface area contributed by atoms with Crippen molar-refractivity contribution in [1.82, 2.24) is 0 Å². The molecule has 4 fully saturated rings. The van der Waals surface area contributed by atoms with Crippen LogP contribution in [0.5, 0.6) is 17.2 Å². The summed E-state index contributed by atoms with van der Waals surface area (Å²) in [4.78, 5) is 13.9. The highest BCUT2D eigenvalue weighted by molar-refractivity contribution is 5.94. The summed E-state index contributed by atoms with van der Waals surface area (Å²) in [5.74, 6) is 4.16. The van der Waals surface area contributed by atoms with Gasteiger partial charge in [-0.05, 0) is 134 Å². The molecule has 7 rings (SSSR count). The first-order valence-corrected chi connectivity index (χ1v) is 19.0. The highest BCUT2D eigenvalue weighted by Gasteiger charge is 2.25. The van der Waals surface area contributed by atoms with Crippen molar-refractivity contribution in [3.8, 4) is 17.2 Å². The van der Waals surface area contributed by atoms with E-state index >= 15 is 0 Å². The normalized spacial score (nSPS) is 20.8. The van der Waals surface area contributed by atoms with Gasteiger partial charge in [-0.25, -0.2) is 4.79 Å². The minimum atomic E-state index is -0.332. The van der Waals surface area contributed by atoms with E-state index in [1.165, 1.54) is 151 Å². The van der Waals surface area contributed by atoms with Crippen LogP contribution in [0.4, 0.5) is 0 Å². The second-order valence-electron chi connectivity index (χ2n) is 15.0. The van der Waals surface area contributed by atoms with Gasteiger partial charge in [0.1, 0.15) is 22.8 Å². The third-order valence-electron chi connectivity index (χ3n) is 11.8. The molecule has 4 aliphatic carbocycles. The van der Waals surface area contributed by atoms with Crippen molar-refractivity contribution < 1.29 is 14.3 Å². The number of rotatable bonds is 8. The van der Waals surface area contributed by atoms with E-state index < -0.39 is 0 Å². The summed E-state index contributed by atoms with van der Waals surface area (Å²) in [5, 5.41) is 0. The first kappa shape index (κ1) is 31.5. The molecule has 3 nitrogen and oxygen atoms in total. The highest BCUT2D eigenvalue weighted by atomic mass is 16.5. The fourth-order valence-electron chi connectivity index (χ4n) is 9.11. The average Bonchev–Trinajstić information content (AvgIpc) is 3.13. The van der Waals surface area contributed by atoms with Gasteiger partial charge in [-0.15, -0.1) is 0 Å². The lowest BCUT2D eigenvalue weighted by Gasteiger charge is -2.27. The lowest BCUT2D eigenvalue weighted by molar-refractivity contribution is 0.0731. The molecule has 4 saturated carbocycles. The summed E-state index contributed by atoms with van der Waals surface area (Å²) in [6.07, 6.45) is 25.8. The monoisotopic (exact) mass is 618 g/mol. The van der Waals surface area contributed by atoms with Crippen LogP contribution in [-0.4, -0.2) is 5.97 Å². The topological polar surface area (TPSA) is 35.5 Å². The van der Waals surface area contributed by atoms with Gasteiger partial charge < -0.3 is 9.47 Å². The van der Waals surface area contributed by atoms with Crippen molar-refractivity contribution in [2.45, 2.75) is 152 Å². The molecule has 0 heterocycles. The molecule has 0 N–H and O–H groups in total. The average molecular weight is 619 g/mol. The molecule has 0 unspecified atom stereocenters. The molecule has 3 aromatic carbocycles. The Hall–Kier alpha value is -3.07. The molecule has 244 valence electrons. The zero-order chi connectivity index (χ0) is 31.1. The zero-order valence-corrected chi connectivity index (χ0v) is 27.9. The highest BCUT2D eigenvalue weighted by Crippen LogP contribution is 2.42. The van der Waals surface area contributed by atoms with Crippen LogP contribution in [0.1, 0.15) is 185 Å². The van der Waals surface area contributed by atoms with Crippen LogP contribution in [0.2, 0.25) is 0 Å². The number of para-hydroxylation sites is 1. The van der Waals surface area contributed by atoms with E-state index in [0.717, 1.165) is 5.75 Å². The standard InChI is InChI=1S/C43H54O3/c44-43(46-40-29-37(33-19-9-3-10-20-33)26-38(30-40)34-21-11-4-12-22-34)41-23-13-14-24-42(41)45-39-27-35(31-15-5-1-6-16-31)25-36(28-39)32-17-7-2-8-18-32/h13-14,23-34H,1-12,15-22H2. The Morgan fingerprint density at radius 2 is 0.826 bits per heavy atom. The molecule has 0 aliphatic heterocycles. The van der Waals surface area contributed by atoms with Crippen molar-refractivity contribution in [1.29, 1.82) is 0 Å². The van der Waals surface area contributed by atoms with Crippen LogP contribution >= 0.6 is 0 Å². The summed E-state index contributed by atoms with van der Waals surface area (Å²) in [7, 11) is 0. The van der Waals surface area contributed by atoms with Crippen molar-refractivity contribution in [3.05, 3.63) is 88.5 Å². The summed E-state index contributed by atoms with van der Waals surface area (Å²) in [6.45, 7) is 0. The predicted molar refractivity (Wildman–Crippen MR) is 188 cm³/mol. The van der Waals surface area contributed by atoms with Gasteiger partial charge in [-0.2, -0.15) is 0 Å². The van der Waals surface area contributed by atoms with E-state index in [4.69, 9.17) is 9.47 Å². The maximum atomic E-state index is 13.9. The second-order valence-corrected chi connectivity index (χ2v) is 15.0. The largest absolute Gasteiger partial charge is 0.456 e. The van der Waals surface area contributed by atoms with Gasteiger partial charge in [0.05, 0.1) is 0 Å². The van der Waals surface area contributed by atoms with Crippen LogP contribution in [0.3, 0.4) is 0 Å². The molecule has 0 spiro atoms. The minimum Gasteiger partial charge on any atom is -0.456 e. The summed E-state index contributed by atoms with van der Waals surface area (Å²) >= 11 is 0. The Morgan fingerprint density at radius 3 is 1.24 bits per heavy atom. The van der Waals surface area contributed by atoms with Crippen LogP contribution in [-0.2, 0) is 0 Å². The summed E-state index contributed by atoms with van der Waals surface area (Å²) < 4.78 is 12.9. The SMILES string of the molecule is O=C(Oc1cc(C2CCCCC2)cc(C2CCCCC2)c1)c1ccccc1Oc1cc(C2CCCCC2)cc(C2CCCCC2)c1. The molecular weight excluding hydrogens is 564 g/mol. The molecule has 4 aliphatic rings. The van der Waals surface area contributed by atoms with Crippen molar-refractivity contribution >= 4 is 5.97 Å². The van der Waals surface area contributed by atoms with Gasteiger partial charge in [0.15, 0.2) is 0 Å². The molecule has 0 aromatic heterocycles. The van der Waals surface area contributed by atoms with Gasteiger partial charge in [0.2, 0.25) is 0 Å². The lowest BCUT2D eigenvalue weighted by atomic mass is 9.80. The number of hydrogen-bond donors (Lipinski definition) is 0. The van der Waals surface area contributed by atoms with Gasteiger partial charge >= 0.3 is 5.97 Å². The van der Waals surface area contributed by atoms with Crippen LogP contribution in [0.15, 0.2) is 60.7 Å². The Kier molecular flexibility index (Phi) is 10.4. The van der Waals surface area contributed by atoms with Crippen molar-refractivity contribution in [2.75, 3.05) is 0 Å². The number of carbonyl (C=O) groups is 1. The fourth-order valence-corrected chi connectivity index (χ4v) is 9.11. The van der Waals surface area contributed by atoms with E-state index in [-0.39, 0.29) is 5.97 Å². The quantitative estimate of drug-likeness (QED) is 0.186. The molecule has 3 heteroatoms. The first-order valence-electron chi connectivity index (χ1n) is 19.0. The number of carbonyl (C=O) groups excluding carboxylic acids is 1. The van der Waals surface area contributed by atoms with E-state index in [1.54, 1.807) is 0 Å². The molecule has 3 aromatic rings. The summed E-state index contributed by atoms with van der Waals surface area (Å²) in [6, 6.07) is 21.4. The van der Waals surface area contributed by atoms with E-state index in [9.17, 15) is 4.79 Å². The van der Waals surface area contributed by atoms with Crippen molar-refractivity contribution in [3.63, 3.8) is 0 Å². The number of hydrogen-bond acceptors (Lipinski definition) is 3. The smallest absolute Gasteiger partial charge is 0.347 e. The fraction of sp³-hybridized carbons (Fsp3) is 0.558. The van der Waals surface area contributed by atoms with Crippen LogP contribution in [0.25, 0.3) is 0 Å². The molecule has 0 bridgehead atoms. The van der Waals surface area contributed by atoms with Gasteiger partial charge in [0, 0.05) is 0 Å². The third kappa shape index (κ3) is 7.72. The summed E-state index contributed by atoms with van der Waals surface area (Å²) in [5.41, 5.74) is 6.07. The van der Waals surface area contributed by atoms with Gasteiger partial charge in [0.25, 0.3) is 0 Å². The Balaban J connectivity index is 1.15. The third-order valence-corrected chi connectivity index (χ3v) is 11.8. The predicted octanol–water partition coefficient (Wildman–Crippen LogP) is 12.9. The molecule has 0 radical (unpaired) electrons. The molecule has 0 saturated heterocycles. The van der Waals surface area contributed by atoms with E-state index in [2.05, 4.69) is 36.4 Å². The second kappa shape index (κ2) is 15.2. The molecule has 46 heavy (non-hydrogen) atoms. The maximum absolute atomic E-state index is 13.9. The van der Waals surface area contributed by atoms with Crippen LogP contribution in [0, 0.1) is 0 Å². The van der Waals surface area contributed by atoms with Gasteiger partial charge in [-0.3, -0.25) is 0 Å². The molecule has 0 atom stereocenters. The number of ether oxygens (including phenoxy) is 2. The van der Waals surface area contributed by atoms with E-state index in [1.807, 2.05) is 24.3 Å². The lowest BCUT2D eigenvalue weighted by Crippen LogP contribution is -2.13. The maximum Gasteiger partial charge on any atom is 0.347 e. The zero-order valence-electron chi connectivity index (χ0n) is 27.9. The Bertz CT molecular complexity index is 1380. The van der Waals surface area contributed by atoms with Crippen molar-refractivity contribution in [2.24, 2.45) is 0 Å². The van der Waals surface area contributed by atoms with Gasteiger partial charge in [-0.1, -0.05) is 101 Å². The van der Waals surface area contributed by atoms with Crippen LogP contribution < -0.4 is 9.47 Å². The number of benzene rings is 3. The molecular formula is C43H54O3. The Morgan fingerprint density at radius 1 is 0.457 bits per heavy atom.